The average molecular weight is 460 g/mol. The topological polar surface area (TPSA) is 35.0 Å². The Bertz CT molecular complexity index is 300. The summed E-state index contributed by atoms with van der Waals surface area (Å²) in [5, 5.41) is 0. The minimum atomic E-state index is 0. The molecular weight excluding hydrogens is 398 g/mol. The van der Waals surface area contributed by atoms with Gasteiger partial charge in [-0.2, -0.15) is 0 Å². The van der Waals surface area contributed by atoms with Crippen molar-refractivity contribution in [3.8, 4) is 0 Å². The lowest BCUT2D eigenvalue weighted by Gasteiger charge is -2.27. The highest BCUT2D eigenvalue weighted by Gasteiger charge is 2.25. The van der Waals surface area contributed by atoms with Crippen molar-refractivity contribution in [2.45, 2.75) is 186 Å². The standard InChI is InChI=1S/C29H59Cl.H3N/c1-4-7-10-13-16-19-22-25-28-29(30,26-23-20-17-14-11-8-5-2)27-24-21-18-15-12-9-6-3;/h4-28H2,1-3H3;1H3. The zero-order chi connectivity index (χ0) is 22.2. The largest absolute Gasteiger partial charge is 0.344 e. The number of hydrogen-bond donors (Lipinski definition) is 1. The second-order valence-corrected chi connectivity index (χ2v) is 10.9. The molecule has 0 aromatic rings. The molecule has 0 rings (SSSR count). The van der Waals surface area contributed by atoms with E-state index in [0.29, 0.717) is 0 Å². The maximum absolute atomic E-state index is 7.25. The summed E-state index contributed by atoms with van der Waals surface area (Å²) >= 11 is 7.25. The first-order chi connectivity index (χ1) is 14.7. The van der Waals surface area contributed by atoms with Gasteiger partial charge in [-0.3, -0.25) is 0 Å². The smallest absolute Gasteiger partial charge is 0.0446 e. The molecule has 0 saturated heterocycles. The third kappa shape index (κ3) is 24.7. The second kappa shape index (κ2) is 26.5. The Kier molecular flexibility index (Phi) is 28.6. The zero-order valence-corrected chi connectivity index (χ0v) is 23.0. The molecule has 0 saturated carbocycles. The minimum absolute atomic E-state index is 0. The van der Waals surface area contributed by atoms with E-state index in [4.69, 9.17) is 11.6 Å². The van der Waals surface area contributed by atoms with Crippen LogP contribution < -0.4 is 6.15 Å². The normalized spacial score (nSPS) is 11.6. The molecule has 0 radical (unpaired) electrons. The zero-order valence-electron chi connectivity index (χ0n) is 22.3. The Morgan fingerprint density at radius 2 is 0.548 bits per heavy atom. The van der Waals surface area contributed by atoms with Crippen molar-refractivity contribution in [2.24, 2.45) is 0 Å². The fourth-order valence-corrected chi connectivity index (χ4v) is 5.15. The van der Waals surface area contributed by atoms with Gasteiger partial charge >= 0.3 is 0 Å². The third-order valence-corrected chi connectivity index (χ3v) is 7.50. The van der Waals surface area contributed by atoms with Crippen molar-refractivity contribution in [3.63, 3.8) is 0 Å². The van der Waals surface area contributed by atoms with Crippen molar-refractivity contribution in [1.29, 1.82) is 0 Å². The molecule has 0 amide bonds. The summed E-state index contributed by atoms with van der Waals surface area (Å²) in [5.74, 6) is 0. The lowest BCUT2D eigenvalue weighted by molar-refractivity contribution is 0.394. The van der Waals surface area contributed by atoms with Gasteiger partial charge in [-0.25, -0.2) is 0 Å². The Morgan fingerprint density at radius 3 is 0.774 bits per heavy atom. The molecule has 31 heavy (non-hydrogen) atoms. The molecule has 0 aliphatic carbocycles. The predicted molar refractivity (Wildman–Crippen MR) is 146 cm³/mol. The van der Waals surface area contributed by atoms with Crippen LogP contribution in [0.1, 0.15) is 181 Å². The lowest BCUT2D eigenvalue weighted by atomic mass is 9.88. The summed E-state index contributed by atoms with van der Waals surface area (Å²) in [5.41, 5.74) is 0. The van der Waals surface area contributed by atoms with Gasteiger partial charge in [0.1, 0.15) is 0 Å². The van der Waals surface area contributed by atoms with Crippen LogP contribution in [0.2, 0.25) is 0 Å². The lowest BCUT2D eigenvalue weighted by Crippen LogP contribution is -2.21. The van der Waals surface area contributed by atoms with Crippen molar-refractivity contribution >= 4 is 11.6 Å². The van der Waals surface area contributed by atoms with Crippen LogP contribution in [0.5, 0.6) is 0 Å². The molecule has 0 fully saturated rings. The molecule has 0 aromatic carbocycles. The first-order valence-corrected chi connectivity index (χ1v) is 14.7. The molecule has 0 aromatic heterocycles. The van der Waals surface area contributed by atoms with Crippen molar-refractivity contribution < 1.29 is 0 Å². The number of alkyl halides is 1. The van der Waals surface area contributed by atoms with E-state index < -0.39 is 0 Å². The van der Waals surface area contributed by atoms with Gasteiger partial charge in [0.15, 0.2) is 0 Å². The minimum Gasteiger partial charge on any atom is -0.344 e. The van der Waals surface area contributed by atoms with Crippen LogP contribution in [0.25, 0.3) is 0 Å². The summed E-state index contributed by atoms with van der Waals surface area (Å²) < 4.78 is 0. The molecule has 0 aliphatic heterocycles. The van der Waals surface area contributed by atoms with Crippen LogP contribution in [0.4, 0.5) is 0 Å². The summed E-state index contributed by atoms with van der Waals surface area (Å²) in [6.45, 7) is 6.91. The van der Waals surface area contributed by atoms with Gasteiger partial charge in [-0.15, -0.1) is 11.6 Å². The van der Waals surface area contributed by atoms with E-state index in [1.807, 2.05) is 0 Å². The van der Waals surface area contributed by atoms with Crippen LogP contribution in [-0.4, -0.2) is 4.87 Å². The second-order valence-electron chi connectivity index (χ2n) is 10.1. The first-order valence-electron chi connectivity index (χ1n) is 14.4. The van der Waals surface area contributed by atoms with E-state index in [1.54, 1.807) is 0 Å². The van der Waals surface area contributed by atoms with Crippen molar-refractivity contribution in [3.05, 3.63) is 0 Å². The van der Waals surface area contributed by atoms with Gasteiger partial charge in [0, 0.05) is 4.87 Å². The highest BCUT2D eigenvalue weighted by Crippen LogP contribution is 2.35. The number of halogens is 1. The van der Waals surface area contributed by atoms with Crippen LogP contribution in [0, 0.1) is 0 Å². The van der Waals surface area contributed by atoms with Gasteiger partial charge < -0.3 is 6.15 Å². The molecule has 0 atom stereocenters. The maximum Gasteiger partial charge on any atom is 0.0446 e. The molecule has 2 heteroatoms. The Labute approximate surface area is 203 Å². The van der Waals surface area contributed by atoms with E-state index in [1.165, 1.54) is 161 Å². The van der Waals surface area contributed by atoms with E-state index in [2.05, 4.69) is 20.8 Å². The maximum atomic E-state index is 7.25. The monoisotopic (exact) mass is 459 g/mol. The third-order valence-electron chi connectivity index (χ3n) is 6.94. The van der Waals surface area contributed by atoms with E-state index >= 15 is 0 Å². The fourth-order valence-electron chi connectivity index (χ4n) is 4.75. The molecule has 190 valence electrons. The molecule has 0 heterocycles. The van der Waals surface area contributed by atoms with Crippen molar-refractivity contribution in [1.82, 2.24) is 6.15 Å². The van der Waals surface area contributed by atoms with Gasteiger partial charge in [0.25, 0.3) is 0 Å². The molecule has 3 N–H and O–H groups in total. The van der Waals surface area contributed by atoms with Crippen molar-refractivity contribution in [2.75, 3.05) is 0 Å². The van der Waals surface area contributed by atoms with Gasteiger partial charge in [0.05, 0.1) is 0 Å². The number of hydrogen-bond acceptors (Lipinski definition) is 1. The Morgan fingerprint density at radius 1 is 0.355 bits per heavy atom. The quantitative estimate of drug-likeness (QED) is 0.107. The molecule has 0 spiro atoms. The van der Waals surface area contributed by atoms with Crippen LogP contribution in [-0.2, 0) is 0 Å². The molecule has 1 nitrogen and oxygen atoms in total. The Hall–Kier alpha value is 0.250. The van der Waals surface area contributed by atoms with Crippen LogP contribution >= 0.6 is 11.6 Å². The molecule has 0 unspecified atom stereocenters. The fraction of sp³-hybridized carbons (Fsp3) is 1.00. The highest BCUT2D eigenvalue weighted by atomic mass is 35.5. The molecular formula is C29H62ClN. The molecule has 0 bridgehead atoms. The van der Waals surface area contributed by atoms with E-state index in [0.717, 1.165) is 0 Å². The SMILES string of the molecule is CCCCCCCCCCC(Cl)(CCCCCCCCC)CCCCCCCCC.N. The summed E-state index contributed by atoms with van der Waals surface area (Å²) in [4.78, 5) is 0.106. The summed E-state index contributed by atoms with van der Waals surface area (Å²) in [6.07, 6.45) is 34.6. The van der Waals surface area contributed by atoms with Gasteiger partial charge in [-0.1, -0.05) is 162 Å². The van der Waals surface area contributed by atoms with Gasteiger partial charge in [0.2, 0.25) is 0 Å². The van der Waals surface area contributed by atoms with Crippen LogP contribution in [0.3, 0.4) is 0 Å². The number of unbranched alkanes of at least 4 members (excludes halogenated alkanes) is 19. The van der Waals surface area contributed by atoms with Gasteiger partial charge in [-0.05, 0) is 19.3 Å². The average Bonchev–Trinajstić information content (AvgIpc) is 2.74. The summed E-state index contributed by atoms with van der Waals surface area (Å²) in [7, 11) is 0. The Balaban J connectivity index is 0. The predicted octanol–water partition coefficient (Wildman–Crippen LogP) is 11.9. The van der Waals surface area contributed by atoms with E-state index in [9.17, 15) is 0 Å². The van der Waals surface area contributed by atoms with Crippen LogP contribution in [0.15, 0.2) is 0 Å². The summed E-state index contributed by atoms with van der Waals surface area (Å²) in [6, 6.07) is 0. The highest BCUT2D eigenvalue weighted by molar-refractivity contribution is 6.23. The number of rotatable bonds is 25. The van der Waals surface area contributed by atoms with E-state index in [-0.39, 0.29) is 11.0 Å². The molecule has 0 aliphatic rings. The first kappa shape index (κ1) is 33.4.